The monoisotopic (exact) mass is 758 g/mol. The maximum absolute atomic E-state index is 12.8. The van der Waals surface area contributed by atoms with Crippen molar-refractivity contribution in [1.29, 1.82) is 0 Å². The normalized spacial score (nSPS) is 12.9. The quantitative estimate of drug-likeness (QED) is 0.117. The molecule has 5 aromatic rings. The van der Waals surface area contributed by atoms with Crippen molar-refractivity contribution in [1.82, 2.24) is 5.32 Å². The number of carbonyl (C=O) groups excluding carboxylic acids is 2. The number of hydrogen-bond donors (Lipinski definition) is 4. The summed E-state index contributed by atoms with van der Waals surface area (Å²) in [5.41, 5.74) is 8.52. The van der Waals surface area contributed by atoms with Crippen molar-refractivity contribution >= 4 is 61.0 Å². The average Bonchev–Trinajstić information content (AvgIpc) is 3.35. The van der Waals surface area contributed by atoms with E-state index in [0.29, 0.717) is 22.8 Å². The molecule has 0 fully saturated rings. The third kappa shape index (κ3) is 6.63. The van der Waals surface area contributed by atoms with Gasteiger partial charge in [0.1, 0.15) is 0 Å². The number of nitrogens with one attached hydrogen (secondary N) is 4. The molecular formula is C40H32Br2N4O2. The molecule has 0 unspecified atom stereocenters. The second-order valence-electron chi connectivity index (χ2n) is 11.2. The van der Waals surface area contributed by atoms with Gasteiger partial charge in [0.15, 0.2) is 0 Å². The van der Waals surface area contributed by atoms with Gasteiger partial charge in [0, 0.05) is 31.7 Å². The lowest BCUT2D eigenvalue weighted by Gasteiger charge is -2.34. The van der Waals surface area contributed by atoms with Crippen LogP contribution >= 0.6 is 31.9 Å². The van der Waals surface area contributed by atoms with Crippen molar-refractivity contribution in [3.63, 3.8) is 0 Å². The SMILES string of the molecule is C=C/C=C(\C=C/C)NC(=O)Nc1ccc(C2(c3ccc(NC(=O)Nc4ccccc4)cc3)c3cc(Br)ccc3-c3ccc(Br)cc32)cc1. The molecule has 4 amide bonds. The molecule has 48 heavy (non-hydrogen) atoms. The lowest BCUT2D eigenvalue weighted by atomic mass is 9.67. The van der Waals surface area contributed by atoms with Crippen LogP contribution in [0.15, 0.2) is 161 Å². The number of para-hydroxylation sites is 1. The zero-order valence-corrected chi connectivity index (χ0v) is 29.2. The van der Waals surface area contributed by atoms with Gasteiger partial charge in [-0.2, -0.15) is 0 Å². The molecule has 6 rings (SSSR count). The van der Waals surface area contributed by atoms with Gasteiger partial charge in [0.2, 0.25) is 0 Å². The molecule has 0 saturated heterocycles. The molecule has 1 aliphatic rings. The Morgan fingerprint density at radius 3 is 1.60 bits per heavy atom. The Morgan fingerprint density at radius 2 is 1.12 bits per heavy atom. The minimum absolute atomic E-state index is 0.321. The number of amides is 4. The van der Waals surface area contributed by atoms with Gasteiger partial charge in [0.05, 0.1) is 5.41 Å². The summed E-state index contributed by atoms with van der Waals surface area (Å²) in [5, 5.41) is 11.6. The van der Waals surface area contributed by atoms with Crippen LogP contribution in [-0.2, 0) is 5.41 Å². The van der Waals surface area contributed by atoms with Crippen molar-refractivity contribution in [2.45, 2.75) is 12.3 Å². The third-order valence-corrected chi connectivity index (χ3v) is 9.13. The molecule has 0 aromatic heterocycles. The van der Waals surface area contributed by atoms with E-state index in [0.717, 1.165) is 42.3 Å². The number of carbonyl (C=O) groups is 2. The van der Waals surface area contributed by atoms with Gasteiger partial charge >= 0.3 is 12.1 Å². The van der Waals surface area contributed by atoms with Crippen molar-refractivity contribution in [2.75, 3.05) is 16.0 Å². The maximum atomic E-state index is 12.8. The molecule has 1 aliphatic carbocycles. The van der Waals surface area contributed by atoms with Gasteiger partial charge in [0.25, 0.3) is 0 Å². The van der Waals surface area contributed by atoms with E-state index in [-0.39, 0.29) is 12.1 Å². The van der Waals surface area contributed by atoms with Gasteiger partial charge in [-0.3, -0.25) is 0 Å². The Labute approximate surface area is 296 Å². The first kappa shape index (κ1) is 32.7. The highest BCUT2D eigenvalue weighted by Crippen LogP contribution is 2.57. The number of halogens is 2. The fourth-order valence-electron chi connectivity index (χ4n) is 6.22. The van der Waals surface area contributed by atoms with Gasteiger partial charge in [-0.1, -0.05) is 105 Å². The lowest BCUT2D eigenvalue weighted by molar-refractivity contribution is 0.254. The van der Waals surface area contributed by atoms with E-state index in [1.54, 1.807) is 18.2 Å². The Morgan fingerprint density at radius 1 is 0.646 bits per heavy atom. The van der Waals surface area contributed by atoms with Crippen LogP contribution in [0.4, 0.5) is 26.7 Å². The summed E-state index contributed by atoms with van der Waals surface area (Å²) < 4.78 is 1.93. The summed E-state index contributed by atoms with van der Waals surface area (Å²) in [4.78, 5) is 25.6. The van der Waals surface area contributed by atoms with Crippen molar-refractivity contribution in [2.24, 2.45) is 0 Å². The summed E-state index contributed by atoms with van der Waals surface area (Å²) in [6.07, 6.45) is 7.00. The second kappa shape index (κ2) is 14.3. The van der Waals surface area contributed by atoms with E-state index in [1.807, 2.05) is 67.6 Å². The zero-order chi connectivity index (χ0) is 33.7. The number of anilines is 3. The average molecular weight is 761 g/mol. The summed E-state index contributed by atoms with van der Waals surface area (Å²) in [6, 6.07) is 37.4. The molecule has 5 aromatic carbocycles. The number of benzene rings is 5. The Balaban J connectivity index is 1.40. The number of allylic oxidation sites excluding steroid dienone is 4. The van der Waals surface area contributed by atoms with E-state index in [9.17, 15) is 9.59 Å². The number of urea groups is 2. The van der Waals surface area contributed by atoms with Gasteiger partial charge < -0.3 is 21.3 Å². The molecule has 0 bridgehead atoms. The molecule has 0 spiro atoms. The van der Waals surface area contributed by atoms with Crippen molar-refractivity contribution in [3.05, 3.63) is 183 Å². The van der Waals surface area contributed by atoms with Gasteiger partial charge in [-0.05, 0) is 113 Å². The Hall–Kier alpha value is -5.18. The first-order valence-corrected chi connectivity index (χ1v) is 16.9. The summed E-state index contributed by atoms with van der Waals surface area (Å²) >= 11 is 7.47. The summed E-state index contributed by atoms with van der Waals surface area (Å²) in [5.74, 6) is 0. The third-order valence-electron chi connectivity index (χ3n) is 8.15. The van der Waals surface area contributed by atoms with Crippen LogP contribution in [0, 0.1) is 0 Å². The van der Waals surface area contributed by atoms with E-state index in [4.69, 9.17) is 0 Å². The molecule has 4 N–H and O–H groups in total. The zero-order valence-electron chi connectivity index (χ0n) is 26.1. The minimum atomic E-state index is -0.699. The first-order valence-electron chi connectivity index (χ1n) is 15.3. The van der Waals surface area contributed by atoms with Crippen LogP contribution < -0.4 is 21.3 Å². The molecule has 238 valence electrons. The fraction of sp³-hybridized carbons (Fsp3) is 0.0500. The summed E-state index contributed by atoms with van der Waals surface area (Å²) in [6.45, 7) is 5.60. The fourth-order valence-corrected chi connectivity index (χ4v) is 6.94. The molecule has 0 heterocycles. The molecule has 0 aliphatic heterocycles. The van der Waals surface area contributed by atoms with Crippen molar-refractivity contribution < 1.29 is 9.59 Å². The number of fused-ring (bicyclic) bond motifs is 3. The van der Waals surface area contributed by atoms with Crippen LogP contribution in [-0.4, -0.2) is 12.1 Å². The molecule has 0 saturated carbocycles. The van der Waals surface area contributed by atoms with Gasteiger partial charge in [-0.15, -0.1) is 0 Å². The highest BCUT2D eigenvalue weighted by molar-refractivity contribution is 9.10. The van der Waals surface area contributed by atoms with E-state index >= 15 is 0 Å². The molecule has 6 nitrogen and oxygen atoms in total. The van der Waals surface area contributed by atoms with Crippen molar-refractivity contribution in [3.8, 4) is 11.1 Å². The minimum Gasteiger partial charge on any atom is -0.308 e. The highest BCUT2D eigenvalue weighted by atomic mass is 79.9. The molecule has 8 heteroatoms. The van der Waals surface area contributed by atoms with Gasteiger partial charge in [-0.25, -0.2) is 9.59 Å². The van der Waals surface area contributed by atoms with E-state index in [1.165, 1.54) is 0 Å². The second-order valence-corrected chi connectivity index (χ2v) is 13.0. The predicted molar refractivity (Wildman–Crippen MR) is 203 cm³/mol. The first-order chi connectivity index (χ1) is 23.3. The van der Waals surface area contributed by atoms with Crippen LogP contribution in [0.25, 0.3) is 11.1 Å². The van der Waals surface area contributed by atoms with E-state index in [2.05, 4.69) is 120 Å². The smallest absolute Gasteiger partial charge is 0.308 e. The number of hydrogen-bond acceptors (Lipinski definition) is 2. The lowest BCUT2D eigenvalue weighted by Crippen LogP contribution is -2.29. The largest absolute Gasteiger partial charge is 0.323 e. The Bertz CT molecular complexity index is 2000. The summed E-state index contributed by atoms with van der Waals surface area (Å²) in [7, 11) is 0. The van der Waals surface area contributed by atoms with Crippen LogP contribution in [0.1, 0.15) is 29.2 Å². The topological polar surface area (TPSA) is 82.3 Å². The van der Waals surface area contributed by atoms with Crippen LogP contribution in [0.2, 0.25) is 0 Å². The van der Waals surface area contributed by atoms with Crippen LogP contribution in [0.5, 0.6) is 0 Å². The number of rotatable bonds is 8. The standard InChI is InChI=1S/C40H32Br2N4O2/c1-3-8-30(9-4-2)43-38(47)45-32-18-12-26(13-19-32)40(36-24-28(41)16-22-34(36)35-23-17-29(42)25-37(35)40)27-14-20-33(21-15-27)46-39(48)44-31-10-6-5-7-11-31/h3-25H,1H2,2H3,(H2,43,45,47)(H2,44,46,48)/b9-4-,30-8+. The Kier molecular flexibility index (Phi) is 9.75. The maximum Gasteiger partial charge on any atom is 0.323 e. The van der Waals surface area contributed by atoms with E-state index < -0.39 is 5.41 Å². The molecule has 0 radical (unpaired) electrons. The molecule has 0 atom stereocenters. The highest BCUT2D eigenvalue weighted by Gasteiger charge is 2.46. The van der Waals surface area contributed by atoms with Crippen LogP contribution in [0.3, 0.4) is 0 Å². The molecular weight excluding hydrogens is 728 g/mol. The predicted octanol–water partition coefficient (Wildman–Crippen LogP) is 11.0.